The summed E-state index contributed by atoms with van der Waals surface area (Å²) in [4.78, 5) is 0. The van der Waals surface area contributed by atoms with E-state index >= 15 is 0 Å². The molecule has 0 saturated carbocycles. The molecule has 0 amide bonds. The molecule has 0 N–H and O–H groups in total. The molecule has 0 saturated heterocycles. The van der Waals surface area contributed by atoms with Crippen LogP contribution in [0.5, 0.6) is 0 Å². The smallest absolute Gasteiger partial charge is 0.296 e. The third-order valence-electron chi connectivity index (χ3n) is 2.35. The molecule has 7 heteroatoms. The summed E-state index contributed by atoms with van der Waals surface area (Å²) in [7, 11) is 2.96. The van der Waals surface area contributed by atoms with Crippen molar-refractivity contribution < 1.29 is 8.42 Å². The number of nitrogens with zero attached hydrogens (tertiary/aromatic N) is 3. The average Bonchev–Trinajstić information content (AvgIpc) is 2.61. The molecular formula is C10H10ClN3O2S. The van der Waals surface area contributed by atoms with E-state index in [0.29, 0.717) is 12.2 Å². The standard InChI is InChI=1S/C10H10ClN3O2S/c1-14-9(7-8-5-3-2-4-6-8)12-13-10(14)17(11,15)16/h2-6H,7H2,1H3. The van der Waals surface area contributed by atoms with Crippen molar-refractivity contribution >= 4 is 19.7 Å². The van der Waals surface area contributed by atoms with Gasteiger partial charge in [-0.05, 0) is 5.56 Å². The van der Waals surface area contributed by atoms with Gasteiger partial charge in [0.2, 0.25) is 0 Å². The van der Waals surface area contributed by atoms with Crippen LogP contribution in [0.3, 0.4) is 0 Å². The average molecular weight is 272 g/mol. The molecule has 0 fully saturated rings. The minimum absolute atomic E-state index is 0.231. The zero-order chi connectivity index (χ0) is 12.5. The van der Waals surface area contributed by atoms with E-state index < -0.39 is 9.05 Å². The van der Waals surface area contributed by atoms with E-state index in [0.717, 1.165) is 5.56 Å². The fourth-order valence-electron chi connectivity index (χ4n) is 1.49. The number of rotatable bonds is 3. The Labute approximate surface area is 103 Å². The molecule has 2 rings (SSSR count). The second kappa shape index (κ2) is 4.46. The van der Waals surface area contributed by atoms with Gasteiger partial charge in [0.1, 0.15) is 5.82 Å². The SMILES string of the molecule is Cn1c(Cc2ccccc2)nnc1S(=O)(=O)Cl. The summed E-state index contributed by atoms with van der Waals surface area (Å²) in [5.41, 5.74) is 1.03. The van der Waals surface area contributed by atoms with Crippen LogP contribution in [0.2, 0.25) is 0 Å². The first-order valence-corrected chi connectivity index (χ1v) is 7.16. The van der Waals surface area contributed by atoms with Crippen molar-refractivity contribution in [3.63, 3.8) is 0 Å². The molecule has 0 atom stereocenters. The Morgan fingerprint density at radius 1 is 1.24 bits per heavy atom. The van der Waals surface area contributed by atoms with E-state index in [-0.39, 0.29) is 5.16 Å². The number of aromatic nitrogens is 3. The van der Waals surface area contributed by atoms with Crippen LogP contribution >= 0.6 is 10.7 Å². The van der Waals surface area contributed by atoms with Crippen molar-refractivity contribution in [2.75, 3.05) is 0 Å². The molecule has 0 aliphatic rings. The summed E-state index contributed by atoms with van der Waals surface area (Å²) in [6.07, 6.45) is 0.511. The van der Waals surface area contributed by atoms with Crippen LogP contribution < -0.4 is 0 Å². The van der Waals surface area contributed by atoms with Gasteiger partial charge in [-0.15, -0.1) is 10.2 Å². The topological polar surface area (TPSA) is 64.8 Å². The number of halogens is 1. The van der Waals surface area contributed by atoms with Crippen LogP contribution in [0.15, 0.2) is 35.5 Å². The Morgan fingerprint density at radius 2 is 1.88 bits per heavy atom. The molecular weight excluding hydrogens is 262 g/mol. The van der Waals surface area contributed by atoms with E-state index in [9.17, 15) is 8.42 Å². The monoisotopic (exact) mass is 271 g/mol. The van der Waals surface area contributed by atoms with Crippen molar-refractivity contribution in [1.29, 1.82) is 0 Å². The van der Waals surface area contributed by atoms with Gasteiger partial charge in [-0.3, -0.25) is 0 Å². The first kappa shape index (κ1) is 12.1. The fourth-order valence-corrected chi connectivity index (χ4v) is 2.46. The third kappa shape index (κ3) is 2.65. The Hall–Kier alpha value is -1.40. The van der Waals surface area contributed by atoms with Crippen LogP contribution in [-0.4, -0.2) is 23.2 Å². The third-order valence-corrected chi connectivity index (χ3v) is 3.55. The van der Waals surface area contributed by atoms with E-state index in [4.69, 9.17) is 10.7 Å². The molecule has 0 aliphatic heterocycles. The van der Waals surface area contributed by atoms with E-state index in [2.05, 4.69) is 10.2 Å². The molecule has 5 nitrogen and oxygen atoms in total. The maximum absolute atomic E-state index is 11.2. The summed E-state index contributed by atoms with van der Waals surface area (Å²) >= 11 is 0. The molecule has 0 aliphatic carbocycles. The van der Waals surface area contributed by atoms with Crippen molar-refractivity contribution in [3.05, 3.63) is 41.7 Å². The largest absolute Gasteiger partial charge is 0.304 e. The zero-order valence-corrected chi connectivity index (χ0v) is 10.6. The predicted octanol–water partition coefficient (Wildman–Crippen LogP) is 1.33. The van der Waals surface area contributed by atoms with Crippen LogP contribution in [-0.2, 0) is 22.5 Å². The summed E-state index contributed by atoms with van der Waals surface area (Å²) in [6, 6.07) is 9.59. The van der Waals surface area contributed by atoms with Gasteiger partial charge in [-0.25, -0.2) is 8.42 Å². The Bertz CT molecular complexity index is 622. The van der Waals surface area contributed by atoms with Gasteiger partial charge in [0.15, 0.2) is 0 Å². The number of benzene rings is 1. The van der Waals surface area contributed by atoms with Crippen molar-refractivity contribution in [2.24, 2.45) is 7.05 Å². The summed E-state index contributed by atoms with van der Waals surface area (Å²) in [5.74, 6) is 0.551. The molecule has 0 unspecified atom stereocenters. The van der Waals surface area contributed by atoms with Crippen molar-refractivity contribution in [3.8, 4) is 0 Å². The lowest BCUT2D eigenvalue weighted by molar-refractivity contribution is 0.591. The molecule has 90 valence electrons. The number of hydrogen-bond donors (Lipinski definition) is 0. The highest BCUT2D eigenvalue weighted by atomic mass is 35.7. The van der Waals surface area contributed by atoms with Gasteiger partial charge < -0.3 is 4.57 Å². The maximum Gasteiger partial charge on any atom is 0.296 e. The molecule has 17 heavy (non-hydrogen) atoms. The first-order chi connectivity index (χ1) is 7.98. The Kier molecular flexibility index (Phi) is 3.17. The van der Waals surface area contributed by atoms with Gasteiger partial charge in [0.05, 0.1) is 0 Å². The maximum atomic E-state index is 11.2. The van der Waals surface area contributed by atoms with Gasteiger partial charge in [0.25, 0.3) is 14.2 Å². The van der Waals surface area contributed by atoms with Gasteiger partial charge in [0, 0.05) is 24.2 Å². The highest BCUT2D eigenvalue weighted by Gasteiger charge is 2.20. The molecule has 1 aromatic carbocycles. The minimum Gasteiger partial charge on any atom is -0.304 e. The molecule has 1 heterocycles. The molecule has 0 radical (unpaired) electrons. The van der Waals surface area contributed by atoms with Crippen LogP contribution in [0.4, 0.5) is 0 Å². The van der Waals surface area contributed by atoms with Crippen LogP contribution in [0.25, 0.3) is 0 Å². The second-order valence-corrected chi connectivity index (χ2v) is 6.02. The van der Waals surface area contributed by atoms with Gasteiger partial charge >= 0.3 is 0 Å². The molecule has 1 aromatic heterocycles. The van der Waals surface area contributed by atoms with Gasteiger partial charge in [-0.1, -0.05) is 30.3 Å². The second-order valence-electron chi connectivity index (χ2n) is 3.56. The highest BCUT2D eigenvalue weighted by Crippen LogP contribution is 2.14. The first-order valence-electron chi connectivity index (χ1n) is 4.85. The highest BCUT2D eigenvalue weighted by molar-refractivity contribution is 8.13. The lowest BCUT2D eigenvalue weighted by atomic mass is 10.1. The lowest BCUT2D eigenvalue weighted by Gasteiger charge is -2.01. The van der Waals surface area contributed by atoms with Crippen LogP contribution in [0.1, 0.15) is 11.4 Å². The van der Waals surface area contributed by atoms with E-state index in [1.165, 1.54) is 4.57 Å². The quantitative estimate of drug-likeness (QED) is 0.790. The summed E-state index contributed by atoms with van der Waals surface area (Å²) < 4.78 is 23.7. The van der Waals surface area contributed by atoms with Crippen molar-refractivity contribution in [1.82, 2.24) is 14.8 Å². The Morgan fingerprint density at radius 3 is 2.41 bits per heavy atom. The Balaban J connectivity index is 2.34. The molecule has 0 spiro atoms. The fraction of sp³-hybridized carbons (Fsp3) is 0.200. The molecule has 2 aromatic rings. The van der Waals surface area contributed by atoms with E-state index in [1.54, 1.807) is 7.05 Å². The van der Waals surface area contributed by atoms with Crippen molar-refractivity contribution in [2.45, 2.75) is 11.6 Å². The van der Waals surface area contributed by atoms with Crippen LogP contribution in [0, 0.1) is 0 Å². The lowest BCUT2D eigenvalue weighted by Crippen LogP contribution is -2.05. The van der Waals surface area contributed by atoms with Gasteiger partial charge in [-0.2, -0.15) is 0 Å². The van der Waals surface area contributed by atoms with E-state index in [1.807, 2.05) is 30.3 Å². The minimum atomic E-state index is -3.84. The summed E-state index contributed by atoms with van der Waals surface area (Å²) in [5, 5.41) is 7.17. The molecule has 0 bridgehead atoms. The summed E-state index contributed by atoms with van der Waals surface area (Å²) in [6.45, 7) is 0. The predicted molar refractivity (Wildman–Crippen MR) is 63.3 cm³/mol. The normalized spacial score (nSPS) is 11.6. The zero-order valence-electron chi connectivity index (χ0n) is 9.04. The number of hydrogen-bond acceptors (Lipinski definition) is 4.